The van der Waals surface area contributed by atoms with Crippen molar-refractivity contribution in [2.24, 2.45) is 7.05 Å². The number of anilines is 1. The Morgan fingerprint density at radius 3 is 2.23 bits per heavy atom. The Hall–Kier alpha value is -3.58. The number of rotatable bonds is 5. The zero-order valence-electron chi connectivity index (χ0n) is 22.5. The Morgan fingerprint density at radius 2 is 1.67 bits per heavy atom. The Morgan fingerprint density at radius 1 is 1.05 bits per heavy atom. The summed E-state index contributed by atoms with van der Waals surface area (Å²) in [4.78, 5) is 30.9. The van der Waals surface area contributed by atoms with Crippen LogP contribution in [-0.2, 0) is 29.6 Å². The van der Waals surface area contributed by atoms with Gasteiger partial charge in [0.2, 0.25) is 5.91 Å². The van der Waals surface area contributed by atoms with Gasteiger partial charge in [-0.15, -0.1) is 0 Å². The van der Waals surface area contributed by atoms with Crippen molar-refractivity contribution in [1.82, 2.24) is 24.6 Å². The zero-order valence-corrected chi connectivity index (χ0v) is 22.5. The molecule has 4 rings (SSSR count). The maximum Gasteiger partial charge on any atom is 0.490 e. The number of carboxylic acid groups (broad SMARTS) is 1. The molecule has 212 valence electrons. The van der Waals surface area contributed by atoms with Gasteiger partial charge in [0.05, 0.1) is 17.8 Å². The van der Waals surface area contributed by atoms with E-state index in [1.807, 2.05) is 33.9 Å². The number of alkyl halides is 3. The van der Waals surface area contributed by atoms with Gasteiger partial charge in [0, 0.05) is 50.9 Å². The highest BCUT2D eigenvalue weighted by Gasteiger charge is 2.38. The molecule has 1 aliphatic heterocycles. The number of aliphatic carboxylic acids is 1. The van der Waals surface area contributed by atoms with Gasteiger partial charge in [-0.25, -0.2) is 14.2 Å². The fourth-order valence-electron chi connectivity index (χ4n) is 4.50. The van der Waals surface area contributed by atoms with E-state index in [0.717, 1.165) is 65.3 Å². The van der Waals surface area contributed by atoms with Gasteiger partial charge < -0.3 is 15.3 Å². The van der Waals surface area contributed by atoms with Crippen LogP contribution >= 0.6 is 0 Å². The fourth-order valence-corrected chi connectivity index (χ4v) is 4.50. The van der Waals surface area contributed by atoms with Gasteiger partial charge in [0.1, 0.15) is 5.82 Å². The van der Waals surface area contributed by atoms with Crippen LogP contribution in [0.3, 0.4) is 0 Å². The number of pyridine rings is 1. The van der Waals surface area contributed by atoms with E-state index in [1.54, 1.807) is 10.7 Å². The topological polar surface area (TPSA) is 104 Å². The minimum Gasteiger partial charge on any atom is -0.475 e. The van der Waals surface area contributed by atoms with E-state index in [9.17, 15) is 22.4 Å². The van der Waals surface area contributed by atoms with Gasteiger partial charge in [-0.3, -0.25) is 14.4 Å². The van der Waals surface area contributed by atoms with Crippen LogP contribution in [0.25, 0.3) is 11.0 Å². The predicted molar refractivity (Wildman–Crippen MR) is 138 cm³/mol. The van der Waals surface area contributed by atoms with Crippen LogP contribution in [0.2, 0.25) is 0 Å². The molecule has 3 aromatic rings. The Labute approximate surface area is 223 Å². The second-order valence-corrected chi connectivity index (χ2v) is 9.63. The number of carbonyl (C=O) groups is 2. The summed E-state index contributed by atoms with van der Waals surface area (Å²) in [5.41, 5.74) is 5.46. The first-order valence-electron chi connectivity index (χ1n) is 12.3. The third-order valence-corrected chi connectivity index (χ3v) is 6.62. The largest absolute Gasteiger partial charge is 0.490 e. The molecule has 9 nitrogen and oxygen atoms in total. The van der Waals surface area contributed by atoms with Crippen molar-refractivity contribution in [3.05, 3.63) is 52.1 Å². The normalized spacial score (nSPS) is 14.7. The van der Waals surface area contributed by atoms with Gasteiger partial charge in [-0.05, 0) is 56.6 Å². The average molecular weight is 553 g/mol. The molecule has 0 radical (unpaired) electrons. The maximum atomic E-state index is 14.7. The minimum absolute atomic E-state index is 0.136. The number of aromatic nitrogens is 3. The smallest absolute Gasteiger partial charge is 0.475 e. The molecule has 0 atom stereocenters. The number of fused-ring (bicyclic) bond motifs is 1. The van der Waals surface area contributed by atoms with Gasteiger partial charge in [-0.1, -0.05) is 6.07 Å². The molecule has 2 aromatic heterocycles. The first-order valence-corrected chi connectivity index (χ1v) is 12.3. The van der Waals surface area contributed by atoms with Crippen LogP contribution in [0.5, 0.6) is 0 Å². The molecule has 1 fully saturated rings. The molecule has 0 aliphatic carbocycles. The lowest BCUT2D eigenvalue weighted by atomic mass is 10.0. The Kier molecular flexibility index (Phi) is 9.28. The number of nitrogens with zero attached hydrogens (tertiary/aromatic N) is 5. The second kappa shape index (κ2) is 12.1. The van der Waals surface area contributed by atoms with Crippen molar-refractivity contribution < 1.29 is 32.3 Å². The quantitative estimate of drug-likeness (QED) is 0.467. The first-order chi connectivity index (χ1) is 18.2. The molecular formula is C26H32F4N6O3. The van der Waals surface area contributed by atoms with Gasteiger partial charge >= 0.3 is 12.1 Å². The third-order valence-electron chi connectivity index (χ3n) is 6.62. The molecule has 0 unspecified atom stereocenters. The number of aryl methyl sites for hydroxylation is 4. The zero-order chi connectivity index (χ0) is 29.1. The molecule has 0 spiro atoms. The molecule has 1 aromatic carbocycles. The number of piperazine rings is 1. The van der Waals surface area contributed by atoms with Crippen LogP contribution in [-0.4, -0.2) is 81.0 Å². The fraction of sp³-hybridized carbons (Fsp3) is 0.462. The summed E-state index contributed by atoms with van der Waals surface area (Å²) in [6, 6.07) is 5.07. The molecule has 1 amide bonds. The number of hydrogen-bond donors (Lipinski definition) is 2. The van der Waals surface area contributed by atoms with Crippen LogP contribution < -0.4 is 5.32 Å². The number of benzene rings is 1. The summed E-state index contributed by atoms with van der Waals surface area (Å²) in [6.07, 6.45) is -4.95. The second-order valence-electron chi connectivity index (χ2n) is 9.63. The Balaban J connectivity index is 0.000000532. The van der Waals surface area contributed by atoms with E-state index in [1.165, 1.54) is 6.07 Å². The van der Waals surface area contributed by atoms with E-state index in [-0.39, 0.29) is 18.0 Å². The van der Waals surface area contributed by atoms with E-state index in [2.05, 4.69) is 32.2 Å². The number of amides is 1. The highest BCUT2D eigenvalue weighted by Crippen LogP contribution is 2.26. The molecule has 0 bridgehead atoms. The summed E-state index contributed by atoms with van der Waals surface area (Å²) in [7, 11) is 3.98. The summed E-state index contributed by atoms with van der Waals surface area (Å²) < 4.78 is 48.2. The average Bonchev–Trinajstić information content (AvgIpc) is 3.12. The van der Waals surface area contributed by atoms with Crippen molar-refractivity contribution in [1.29, 1.82) is 0 Å². The lowest BCUT2D eigenvalue weighted by Gasteiger charge is -2.32. The molecule has 1 saturated heterocycles. The molecule has 0 saturated carbocycles. The summed E-state index contributed by atoms with van der Waals surface area (Å²) in [5.74, 6) is -3.42. The summed E-state index contributed by atoms with van der Waals surface area (Å²) in [6.45, 7) is 10.5. The summed E-state index contributed by atoms with van der Waals surface area (Å²) >= 11 is 0. The van der Waals surface area contributed by atoms with Crippen molar-refractivity contribution in [3.8, 4) is 0 Å². The number of nitrogens with one attached hydrogen (secondary N) is 1. The molecule has 2 N–H and O–H groups in total. The monoisotopic (exact) mass is 552 g/mol. The van der Waals surface area contributed by atoms with E-state index < -0.39 is 18.0 Å². The van der Waals surface area contributed by atoms with E-state index in [0.29, 0.717) is 6.54 Å². The lowest BCUT2D eigenvalue weighted by molar-refractivity contribution is -0.192. The maximum absolute atomic E-state index is 14.7. The van der Waals surface area contributed by atoms with E-state index >= 15 is 0 Å². The highest BCUT2D eigenvalue weighted by atomic mass is 19.4. The van der Waals surface area contributed by atoms with Gasteiger partial charge in [-0.2, -0.15) is 18.3 Å². The summed E-state index contributed by atoms with van der Waals surface area (Å²) in [5, 5.41) is 15.3. The molecule has 3 heterocycles. The number of likely N-dealkylation sites (N-methyl/N-ethyl adjacent to an activating group) is 1. The minimum atomic E-state index is -5.08. The third kappa shape index (κ3) is 7.51. The van der Waals surface area contributed by atoms with Gasteiger partial charge in [0.25, 0.3) is 0 Å². The van der Waals surface area contributed by atoms with Crippen LogP contribution in [0.4, 0.5) is 23.2 Å². The molecule has 1 aliphatic rings. The van der Waals surface area contributed by atoms with Crippen LogP contribution in [0, 0.1) is 26.6 Å². The first kappa shape index (κ1) is 30.0. The highest BCUT2D eigenvalue weighted by molar-refractivity contribution is 5.94. The molecular weight excluding hydrogens is 520 g/mol. The van der Waals surface area contributed by atoms with Crippen molar-refractivity contribution >= 4 is 28.6 Å². The molecule has 13 heteroatoms. The SMILES string of the molecule is Cc1nc2c(c(C)nn2C)c(C)c1CC(=O)Nc1ccc(CN2CCN(C)CC2)cc1F.O=C(O)C(F)(F)F. The van der Waals surface area contributed by atoms with Crippen LogP contribution in [0.15, 0.2) is 18.2 Å². The predicted octanol–water partition coefficient (Wildman–Crippen LogP) is 3.59. The van der Waals surface area contributed by atoms with Crippen molar-refractivity contribution in [2.75, 3.05) is 38.5 Å². The standard InChI is InChI=1S/C24H31FN6O.C2HF3O2/c1-15-19(16(2)26-24-23(15)17(3)28-30(24)5)13-22(32)27-21-7-6-18(12-20(21)25)14-31-10-8-29(4)9-11-31;3-2(4,5)1(6)7/h6-7,12H,8-11,13-14H2,1-5H3,(H,27,32);(H,6,7). The Bertz CT molecular complexity index is 1360. The number of carbonyl (C=O) groups excluding carboxylic acids is 1. The van der Waals surface area contributed by atoms with Crippen LogP contribution in [0.1, 0.15) is 28.1 Å². The van der Waals surface area contributed by atoms with Crippen molar-refractivity contribution in [2.45, 2.75) is 39.9 Å². The van der Waals surface area contributed by atoms with E-state index in [4.69, 9.17) is 9.90 Å². The van der Waals surface area contributed by atoms with Gasteiger partial charge in [0.15, 0.2) is 5.65 Å². The number of hydrogen-bond acceptors (Lipinski definition) is 6. The number of carboxylic acids is 1. The van der Waals surface area contributed by atoms with Crippen molar-refractivity contribution in [3.63, 3.8) is 0 Å². The lowest BCUT2D eigenvalue weighted by Crippen LogP contribution is -2.43. The molecule has 39 heavy (non-hydrogen) atoms. The number of halogens is 4.